The van der Waals surface area contributed by atoms with E-state index in [9.17, 15) is 0 Å². The van der Waals surface area contributed by atoms with Gasteiger partial charge in [0, 0.05) is 17.5 Å². The van der Waals surface area contributed by atoms with Gasteiger partial charge in [0.05, 0.1) is 0 Å². The molecule has 2 N–H and O–H groups in total. The summed E-state index contributed by atoms with van der Waals surface area (Å²) in [5.41, 5.74) is 8.47. The topological polar surface area (TPSA) is 26.0 Å². The fraction of sp³-hybridized carbons (Fsp3) is 0.429. The average Bonchev–Trinajstić information content (AvgIpc) is 2.79. The molecule has 0 unspecified atom stereocenters. The van der Waals surface area contributed by atoms with E-state index < -0.39 is 0 Å². The lowest BCUT2D eigenvalue weighted by atomic mass is 9.79. The number of hydrogen-bond donors (Lipinski definition) is 1. The fourth-order valence-corrected chi connectivity index (χ4v) is 2.58. The van der Waals surface area contributed by atoms with Crippen LogP contribution in [-0.4, -0.2) is 6.54 Å². The average molecular weight is 199 g/mol. The fourth-order valence-electron chi connectivity index (χ4n) is 2.58. The maximum Gasteiger partial charge on any atom is 0.0242 e. The molecule has 0 atom stereocenters. The Hall–Kier alpha value is -1.26. The van der Waals surface area contributed by atoms with Gasteiger partial charge in [-0.05, 0) is 30.5 Å². The summed E-state index contributed by atoms with van der Waals surface area (Å²) in [5, 5.41) is 0. The van der Waals surface area contributed by atoms with Crippen LogP contribution in [0.5, 0.6) is 0 Å². The molecule has 2 rings (SSSR count). The Morgan fingerprint density at radius 3 is 2.27 bits per heavy atom. The number of benzene rings is 1. The lowest BCUT2D eigenvalue weighted by Gasteiger charge is -2.27. The van der Waals surface area contributed by atoms with Crippen LogP contribution in [0.4, 0.5) is 0 Å². The maximum absolute atomic E-state index is 5.93. The van der Waals surface area contributed by atoms with Crippen molar-refractivity contribution in [3.8, 4) is 12.3 Å². The number of nitrogens with two attached hydrogens (primary N) is 1. The van der Waals surface area contributed by atoms with Crippen molar-refractivity contribution in [2.45, 2.75) is 31.1 Å². The summed E-state index contributed by atoms with van der Waals surface area (Å²) >= 11 is 0. The first kappa shape index (κ1) is 10.3. The van der Waals surface area contributed by atoms with Crippen molar-refractivity contribution in [1.29, 1.82) is 0 Å². The molecule has 1 fully saturated rings. The minimum atomic E-state index is 0.229. The summed E-state index contributed by atoms with van der Waals surface area (Å²) in [5.74, 6) is 2.64. The highest BCUT2D eigenvalue weighted by Crippen LogP contribution is 2.40. The van der Waals surface area contributed by atoms with Gasteiger partial charge >= 0.3 is 0 Å². The summed E-state index contributed by atoms with van der Waals surface area (Å²) in [6, 6.07) is 8.33. The highest BCUT2D eigenvalue weighted by atomic mass is 14.6. The standard InChI is InChI=1S/C14H17N/c1-2-12-5-7-13(8-6-12)14(11-15)9-3-4-10-14/h1,5-8H,3-4,9-11,15H2. The zero-order chi connectivity index (χ0) is 10.7. The summed E-state index contributed by atoms with van der Waals surface area (Å²) < 4.78 is 0. The van der Waals surface area contributed by atoms with E-state index in [2.05, 4.69) is 18.1 Å². The van der Waals surface area contributed by atoms with E-state index >= 15 is 0 Å². The van der Waals surface area contributed by atoms with Crippen LogP contribution < -0.4 is 5.73 Å². The van der Waals surface area contributed by atoms with Crippen LogP contribution in [0.2, 0.25) is 0 Å². The van der Waals surface area contributed by atoms with E-state index in [1.165, 1.54) is 31.2 Å². The molecule has 0 radical (unpaired) electrons. The zero-order valence-electron chi connectivity index (χ0n) is 9.00. The second-order valence-electron chi connectivity index (χ2n) is 4.41. The Morgan fingerprint density at radius 1 is 1.20 bits per heavy atom. The van der Waals surface area contributed by atoms with Crippen LogP contribution in [0.15, 0.2) is 24.3 Å². The molecular formula is C14H17N. The number of rotatable bonds is 2. The molecule has 15 heavy (non-hydrogen) atoms. The monoisotopic (exact) mass is 199 g/mol. The molecule has 1 saturated carbocycles. The van der Waals surface area contributed by atoms with Crippen molar-refractivity contribution < 1.29 is 0 Å². The first-order valence-electron chi connectivity index (χ1n) is 5.58. The van der Waals surface area contributed by atoms with Crippen molar-refractivity contribution in [3.63, 3.8) is 0 Å². The SMILES string of the molecule is C#Cc1ccc(C2(CN)CCCC2)cc1. The van der Waals surface area contributed by atoms with E-state index in [0.29, 0.717) is 0 Å². The Labute approximate surface area is 91.7 Å². The molecule has 1 aliphatic carbocycles. The van der Waals surface area contributed by atoms with E-state index in [1.807, 2.05) is 12.1 Å². The van der Waals surface area contributed by atoms with Gasteiger partial charge in [0.15, 0.2) is 0 Å². The highest BCUT2D eigenvalue weighted by molar-refractivity contribution is 5.37. The second-order valence-corrected chi connectivity index (χ2v) is 4.41. The Balaban J connectivity index is 2.31. The minimum Gasteiger partial charge on any atom is -0.330 e. The van der Waals surface area contributed by atoms with Gasteiger partial charge in [-0.1, -0.05) is 30.9 Å². The molecule has 0 amide bonds. The third kappa shape index (κ3) is 1.78. The largest absolute Gasteiger partial charge is 0.330 e. The van der Waals surface area contributed by atoms with Gasteiger partial charge in [0.2, 0.25) is 0 Å². The normalized spacial score (nSPS) is 18.7. The van der Waals surface area contributed by atoms with Gasteiger partial charge < -0.3 is 5.73 Å². The highest BCUT2D eigenvalue weighted by Gasteiger charge is 2.33. The summed E-state index contributed by atoms with van der Waals surface area (Å²) in [4.78, 5) is 0. The van der Waals surface area contributed by atoms with E-state index in [-0.39, 0.29) is 5.41 Å². The third-order valence-electron chi connectivity index (χ3n) is 3.62. The van der Waals surface area contributed by atoms with E-state index in [1.54, 1.807) is 0 Å². The summed E-state index contributed by atoms with van der Waals surface area (Å²) in [6.45, 7) is 0.752. The lowest BCUT2D eigenvalue weighted by Crippen LogP contribution is -2.31. The van der Waals surface area contributed by atoms with Crippen LogP contribution in [-0.2, 0) is 5.41 Å². The zero-order valence-corrected chi connectivity index (χ0v) is 9.00. The molecular weight excluding hydrogens is 182 g/mol. The van der Waals surface area contributed by atoms with Gasteiger partial charge in [-0.3, -0.25) is 0 Å². The Kier molecular flexibility index (Phi) is 2.79. The molecule has 1 nitrogen and oxygen atoms in total. The first-order chi connectivity index (χ1) is 7.30. The molecule has 0 spiro atoms. The Bertz CT molecular complexity index is 363. The van der Waals surface area contributed by atoms with Crippen LogP contribution in [0.25, 0.3) is 0 Å². The van der Waals surface area contributed by atoms with Crippen molar-refractivity contribution in [2.75, 3.05) is 6.54 Å². The Morgan fingerprint density at radius 2 is 1.80 bits per heavy atom. The van der Waals surface area contributed by atoms with Crippen molar-refractivity contribution >= 4 is 0 Å². The quantitative estimate of drug-likeness (QED) is 0.727. The number of hydrogen-bond acceptors (Lipinski definition) is 1. The molecule has 1 heteroatoms. The lowest BCUT2D eigenvalue weighted by molar-refractivity contribution is 0.453. The summed E-state index contributed by atoms with van der Waals surface area (Å²) in [6.07, 6.45) is 10.4. The maximum atomic E-state index is 5.93. The van der Waals surface area contributed by atoms with Crippen LogP contribution >= 0.6 is 0 Å². The van der Waals surface area contributed by atoms with Crippen molar-refractivity contribution in [1.82, 2.24) is 0 Å². The van der Waals surface area contributed by atoms with Gasteiger partial charge in [-0.25, -0.2) is 0 Å². The molecule has 0 saturated heterocycles. The van der Waals surface area contributed by atoms with Crippen LogP contribution in [0.1, 0.15) is 36.8 Å². The van der Waals surface area contributed by atoms with Gasteiger partial charge in [0.25, 0.3) is 0 Å². The minimum absolute atomic E-state index is 0.229. The number of terminal acetylenes is 1. The molecule has 0 bridgehead atoms. The molecule has 78 valence electrons. The van der Waals surface area contributed by atoms with Crippen LogP contribution in [0, 0.1) is 12.3 Å². The van der Waals surface area contributed by atoms with E-state index in [0.717, 1.165) is 12.1 Å². The van der Waals surface area contributed by atoms with Crippen molar-refractivity contribution in [2.24, 2.45) is 5.73 Å². The molecule has 0 aliphatic heterocycles. The second kappa shape index (κ2) is 4.08. The molecule has 0 heterocycles. The van der Waals surface area contributed by atoms with Crippen LogP contribution in [0.3, 0.4) is 0 Å². The predicted molar refractivity (Wildman–Crippen MR) is 63.6 cm³/mol. The predicted octanol–water partition coefficient (Wildman–Crippen LogP) is 2.44. The molecule has 0 aromatic heterocycles. The first-order valence-corrected chi connectivity index (χ1v) is 5.58. The summed E-state index contributed by atoms with van der Waals surface area (Å²) in [7, 11) is 0. The third-order valence-corrected chi connectivity index (χ3v) is 3.62. The smallest absolute Gasteiger partial charge is 0.0242 e. The molecule has 1 aliphatic rings. The van der Waals surface area contributed by atoms with Gasteiger partial charge in [-0.15, -0.1) is 6.42 Å². The van der Waals surface area contributed by atoms with E-state index in [4.69, 9.17) is 12.2 Å². The van der Waals surface area contributed by atoms with Crippen molar-refractivity contribution in [3.05, 3.63) is 35.4 Å². The van der Waals surface area contributed by atoms with Gasteiger partial charge in [-0.2, -0.15) is 0 Å². The molecule has 1 aromatic carbocycles. The molecule has 1 aromatic rings. The van der Waals surface area contributed by atoms with Gasteiger partial charge in [0.1, 0.15) is 0 Å².